The molecule has 1 aromatic rings. The first-order valence-electron chi connectivity index (χ1n) is 7.26. The Bertz CT molecular complexity index is 867. The molecule has 0 saturated carbocycles. The second-order valence-corrected chi connectivity index (χ2v) is 8.91. The Balaban J connectivity index is 2.84. The molecule has 0 bridgehead atoms. The second kappa shape index (κ2) is 7.85. The number of aromatic nitrogens is 1. The van der Waals surface area contributed by atoms with E-state index in [1.54, 1.807) is 0 Å². The average Bonchev–Trinajstić information content (AvgIpc) is 2.57. The van der Waals surface area contributed by atoms with Gasteiger partial charge in [0.15, 0.2) is 0 Å². The van der Waals surface area contributed by atoms with E-state index >= 15 is 0 Å². The Morgan fingerprint density at radius 2 is 1.53 bits per heavy atom. The van der Waals surface area contributed by atoms with Crippen LogP contribution >= 0.6 is 27.5 Å². The van der Waals surface area contributed by atoms with Gasteiger partial charge in [-0.05, 0) is 12.1 Å². The maximum Gasteiger partial charge on any atom is 0.577 e. The molecule has 0 aromatic carbocycles. The number of rotatable bonds is 3. The molecule has 1 radical (unpaired) electrons. The predicted molar refractivity (Wildman–Crippen MR) is 90.5 cm³/mol. The predicted octanol–water partition coefficient (Wildman–Crippen LogP) is 6.45. The number of pyridine rings is 1. The fourth-order valence-electron chi connectivity index (χ4n) is 2.47. The van der Waals surface area contributed by atoms with Crippen molar-refractivity contribution in [2.24, 2.45) is 0 Å². The molecule has 167 valence electrons. The van der Waals surface area contributed by atoms with Crippen LogP contribution in [0.2, 0.25) is 5.15 Å². The molecule has 0 amide bonds. The highest BCUT2D eigenvalue weighted by Crippen LogP contribution is 2.56. The lowest BCUT2D eigenvalue weighted by atomic mass is 9.83. The van der Waals surface area contributed by atoms with E-state index in [2.05, 4.69) is 20.9 Å². The van der Waals surface area contributed by atoms with Gasteiger partial charge in [0.05, 0.1) is 21.9 Å². The van der Waals surface area contributed by atoms with E-state index in [1.165, 1.54) is 0 Å². The molecule has 0 N–H and O–H groups in total. The normalized spacial score (nSPS) is 22.4. The molecular weight excluding hydrogens is 548 g/mol. The third-order valence-electron chi connectivity index (χ3n) is 3.79. The van der Waals surface area contributed by atoms with Crippen molar-refractivity contribution in [3.8, 4) is 0 Å². The van der Waals surface area contributed by atoms with Crippen LogP contribution in [-0.2, 0) is 15.5 Å². The first-order valence-corrected chi connectivity index (χ1v) is 9.58. The number of allylic oxidation sites excluding steroid dienone is 4. The number of hydrogen-bond donors (Lipinski definition) is 0. The van der Waals surface area contributed by atoms with E-state index in [0.29, 0.717) is 6.42 Å². The van der Waals surface area contributed by atoms with Gasteiger partial charge in [0.1, 0.15) is 10.1 Å². The van der Waals surface area contributed by atoms with Crippen LogP contribution in [0.15, 0.2) is 41.0 Å². The average molecular weight is 554 g/mol. The van der Waals surface area contributed by atoms with Crippen molar-refractivity contribution in [2.75, 3.05) is 0 Å². The van der Waals surface area contributed by atoms with E-state index in [0.717, 1.165) is 18.3 Å². The lowest BCUT2D eigenvalue weighted by Crippen LogP contribution is -2.55. The molecule has 0 fully saturated rings. The first-order chi connectivity index (χ1) is 13.3. The van der Waals surface area contributed by atoms with Crippen LogP contribution in [0, 0.1) is 6.42 Å². The van der Waals surface area contributed by atoms with E-state index in [4.69, 9.17) is 11.6 Å². The molecule has 2 atom stereocenters. The quantitative estimate of drug-likeness (QED) is 0.187. The molecule has 0 saturated heterocycles. The minimum absolute atomic E-state index is 0.0496. The van der Waals surface area contributed by atoms with Crippen LogP contribution in [0.25, 0.3) is 0 Å². The standard InChI is InChI=1S/C15H6BrClF10NOS/c16-11(9-2-1-3-28-10(9)17)5-7(4-8(6-11)30(29)15(25,26)27)12(18,13(19,20)21)14(22,23)24/h1-6H. The molecule has 0 aliphatic heterocycles. The highest BCUT2D eigenvalue weighted by Gasteiger charge is 2.75. The summed E-state index contributed by atoms with van der Waals surface area (Å²) in [6, 6.07) is 2.13. The summed E-state index contributed by atoms with van der Waals surface area (Å²) in [7, 11) is 0. The molecule has 1 aromatic heterocycles. The van der Waals surface area contributed by atoms with Gasteiger partial charge >= 0.3 is 23.5 Å². The molecule has 1 heterocycles. The summed E-state index contributed by atoms with van der Waals surface area (Å²) in [6.45, 7) is 0. The number of hydrogen-bond acceptors (Lipinski definition) is 2. The largest absolute Gasteiger partial charge is 0.605 e. The van der Waals surface area contributed by atoms with Crippen molar-refractivity contribution in [1.29, 1.82) is 0 Å². The van der Waals surface area contributed by atoms with Crippen molar-refractivity contribution in [1.82, 2.24) is 4.98 Å². The fourth-order valence-corrected chi connectivity index (χ4v) is 4.62. The third-order valence-corrected chi connectivity index (χ3v) is 6.06. The molecule has 2 unspecified atom stereocenters. The Morgan fingerprint density at radius 1 is 1.00 bits per heavy atom. The summed E-state index contributed by atoms with van der Waals surface area (Å²) in [5, 5.41) is -0.524. The SMILES string of the molecule is [O-][S+](C1=CC(C(F)(C(F)(F)F)C(F)(F)F)=CC(Br)(c2cccnc2Cl)[CH]1)C(F)(F)F. The van der Waals surface area contributed by atoms with Gasteiger partial charge in [-0.3, -0.25) is 0 Å². The van der Waals surface area contributed by atoms with Gasteiger partial charge < -0.3 is 4.55 Å². The zero-order chi connectivity index (χ0) is 23.3. The highest BCUT2D eigenvalue weighted by atomic mass is 79.9. The summed E-state index contributed by atoms with van der Waals surface area (Å²) in [5.41, 5.74) is -14.3. The van der Waals surface area contributed by atoms with Crippen molar-refractivity contribution in [2.45, 2.75) is 27.9 Å². The molecule has 1 aliphatic rings. The van der Waals surface area contributed by atoms with Gasteiger partial charge in [0.2, 0.25) is 0 Å². The number of halogens is 12. The smallest absolute Gasteiger partial charge is 0.577 e. The summed E-state index contributed by atoms with van der Waals surface area (Å²) >= 11 is 4.37. The number of alkyl halides is 11. The van der Waals surface area contributed by atoms with Gasteiger partial charge in [-0.1, -0.05) is 39.7 Å². The second-order valence-electron chi connectivity index (χ2n) is 5.77. The fraction of sp³-hybridized carbons (Fsp3) is 0.333. The molecule has 2 rings (SSSR count). The van der Waals surface area contributed by atoms with Gasteiger partial charge in [0, 0.05) is 17.3 Å². The maximum absolute atomic E-state index is 14.6. The van der Waals surface area contributed by atoms with Crippen molar-refractivity contribution < 1.29 is 48.5 Å². The third kappa shape index (κ3) is 4.46. The van der Waals surface area contributed by atoms with Crippen LogP contribution < -0.4 is 0 Å². The highest BCUT2D eigenvalue weighted by molar-refractivity contribution is 9.09. The molecule has 30 heavy (non-hydrogen) atoms. The van der Waals surface area contributed by atoms with Crippen LogP contribution in [0.5, 0.6) is 0 Å². The number of nitrogens with zero attached hydrogens (tertiary/aromatic N) is 1. The summed E-state index contributed by atoms with van der Waals surface area (Å²) < 4.78 is 141. The van der Waals surface area contributed by atoms with Gasteiger partial charge in [-0.15, -0.1) is 13.2 Å². The lowest BCUT2D eigenvalue weighted by molar-refractivity contribution is -0.325. The summed E-state index contributed by atoms with van der Waals surface area (Å²) in [4.78, 5) is 1.98. The first kappa shape index (κ1) is 25.3. The Labute approximate surface area is 178 Å². The van der Waals surface area contributed by atoms with E-state index < -0.39 is 66.3 Å². The monoisotopic (exact) mass is 552 g/mol. The van der Waals surface area contributed by atoms with Crippen molar-refractivity contribution >= 4 is 38.7 Å². The van der Waals surface area contributed by atoms with Crippen LogP contribution in [-0.4, -0.2) is 33.1 Å². The molecule has 2 nitrogen and oxygen atoms in total. The molecule has 1 aliphatic carbocycles. The van der Waals surface area contributed by atoms with E-state index in [9.17, 15) is 48.5 Å². The van der Waals surface area contributed by atoms with Gasteiger partial charge in [0.25, 0.3) is 0 Å². The zero-order valence-corrected chi connectivity index (χ0v) is 16.9. The van der Waals surface area contributed by atoms with Gasteiger partial charge in [-0.25, -0.2) is 9.37 Å². The minimum atomic E-state index is -6.61. The molecule has 0 spiro atoms. The summed E-state index contributed by atoms with van der Waals surface area (Å²) in [6.07, 6.45) is -12.1. The molecular formula is C15H6BrClF10NOS. The maximum atomic E-state index is 14.6. The van der Waals surface area contributed by atoms with E-state index in [-0.39, 0.29) is 6.08 Å². The van der Waals surface area contributed by atoms with Crippen LogP contribution in [0.3, 0.4) is 0 Å². The summed E-state index contributed by atoms with van der Waals surface area (Å²) in [5.74, 6) is 0. The topological polar surface area (TPSA) is 36.0 Å². The van der Waals surface area contributed by atoms with E-state index in [1.807, 2.05) is 0 Å². The van der Waals surface area contributed by atoms with Crippen LogP contribution in [0.1, 0.15) is 5.56 Å². The Morgan fingerprint density at radius 3 is 1.97 bits per heavy atom. The van der Waals surface area contributed by atoms with Crippen molar-refractivity contribution in [3.63, 3.8) is 0 Å². The van der Waals surface area contributed by atoms with Crippen LogP contribution in [0.4, 0.5) is 43.9 Å². The van der Waals surface area contributed by atoms with Gasteiger partial charge in [-0.2, -0.15) is 26.3 Å². The van der Waals surface area contributed by atoms with Crippen molar-refractivity contribution in [3.05, 3.63) is 58.1 Å². The lowest BCUT2D eigenvalue weighted by Gasteiger charge is -2.36. The Hall–Kier alpha value is -0.990. The zero-order valence-electron chi connectivity index (χ0n) is 13.8. The molecule has 15 heteroatoms. The Kier molecular flexibility index (Phi) is 6.62. The minimum Gasteiger partial charge on any atom is -0.605 e.